The molecule has 0 amide bonds. The van der Waals surface area contributed by atoms with Crippen molar-refractivity contribution < 1.29 is 9.66 Å². The van der Waals surface area contributed by atoms with Crippen molar-refractivity contribution in [1.82, 2.24) is 4.31 Å². The van der Waals surface area contributed by atoms with Crippen LogP contribution in [0.3, 0.4) is 0 Å². The number of aliphatic hydroxyl groups is 1. The number of halogens is 1. The van der Waals surface area contributed by atoms with Gasteiger partial charge in [0.15, 0.2) is 4.90 Å². The molecule has 0 aliphatic carbocycles. The van der Waals surface area contributed by atoms with Gasteiger partial charge < -0.3 is 9.66 Å². The van der Waals surface area contributed by atoms with Crippen molar-refractivity contribution in [3.63, 3.8) is 0 Å². The molecule has 5 heteroatoms. The SMILES string of the molecule is [O-][S+](c1ccccc1Br)N1CCCC1CO. The molecule has 1 aromatic carbocycles. The zero-order valence-corrected chi connectivity index (χ0v) is 11.2. The van der Waals surface area contributed by atoms with Crippen LogP contribution in [0.4, 0.5) is 0 Å². The lowest BCUT2D eigenvalue weighted by Crippen LogP contribution is -2.37. The Kier molecular flexibility index (Phi) is 4.27. The molecule has 1 aliphatic heterocycles. The fraction of sp³-hybridized carbons (Fsp3) is 0.455. The van der Waals surface area contributed by atoms with Gasteiger partial charge in [0.25, 0.3) is 0 Å². The van der Waals surface area contributed by atoms with E-state index in [0.29, 0.717) is 0 Å². The van der Waals surface area contributed by atoms with Crippen LogP contribution in [-0.2, 0) is 11.4 Å². The summed E-state index contributed by atoms with van der Waals surface area (Å²) in [6.45, 7) is 0.870. The number of rotatable bonds is 3. The van der Waals surface area contributed by atoms with Gasteiger partial charge in [-0.1, -0.05) is 12.1 Å². The van der Waals surface area contributed by atoms with Crippen LogP contribution in [0.2, 0.25) is 0 Å². The van der Waals surface area contributed by atoms with E-state index in [0.717, 1.165) is 28.8 Å². The molecule has 2 rings (SSSR count). The zero-order chi connectivity index (χ0) is 11.5. The summed E-state index contributed by atoms with van der Waals surface area (Å²) in [5.74, 6) is 0. The Balaban J connectivity index is 2.18. The summed E-state index contributed by atoms with van der Waals surface area (Å²) in [5, 5.41) is 9.21. The molecule has 2 atom stereocenters. The van der Waals surface area contributed by atoms with Crippen molar-refractivity contribution in [2.75, 3.05) is 13.2 Å². The first-order valence-corrected chi connectivity index (χ1v) is 7.18. The van der Waals surface area contributed by atoms with Crippen LogP contribution in [0.5, 0.6) is 0 Å². The summed E-state index contributed by atoms with van der Waals surface area (Å²) >= 11 is 2.23. The largest absolute Gasteiger partial charge is 0.593 e. The van der Waals surface area contributed by atoms with E-state index in [1.807, 2.05) is 28.6 Å². The van der Waals surface area contributed by atoms with Gasteiger partial charge in [-0.3, -0.25) is 0 Å². The topological polar surface area (TPSA) is 46.5 Å². The molecule has 1 heterocycles. The lowest BCUT2D eigenvalue weighted by atomic mass is 10.2. The van der Waals surface area contributed by atoms with E-state index in [1.54, 1.807) is 0 Å². The molecule has 1 fully saturated rings. The second-order valence-electron chi connectivity index (χ2n) is 3.80. The highest BCUT2D eigenvalue weighted by atomic mass is 79.9. The van der Waals surface area contributed by atoms with Gasteiger partial charge in [0.2, 0.25) is 0 Å². The molecule has 0 saturated carbocycles. The minimum atomic E-state index is -1.17. The molecule has 0 spiro atoms. The average molecular weight is 304 g/mol. The number of nitrogens with zero attached hydrogens (tertiary/aromatic N) is 1. The highest BCUT2D eigenvalue weighted by Gasteiger charge is 2.35. The lowest BCUT2D eigenvalue weighted by Gasteiger charge is -2.24. The molecular formula is C11H14BrNO2S. The second-order valence-corrected chi connectivity index (χ2v) is 6.06. The summed E-state index contributed by atoms with van der Waals surface area (Å²) in [7, 11) is 0. The van der Waals surface area contributed by atoms with Crippen molar-refractivity contribution in [3.8, 4) is 0 Å². The molecule has 3 nitrogen and oxygen atoms in total. The van der Waals surface area contributed by atoms with E-state index in [-0.39, 0.29) is 12.6 Å². The molecule has 1 saturated heterocycles. The molecule has 2 unspecified atom stereocenters. The van der Waals surface area contributed by atoms with Gasteiger partial charge in [0.05, 0.1) is 28.5 Å². The zero-order valence-electron chi connectivity index (χ0n) is 8.80. The molecular weight excluding hydrogens is 290 g/mol. The molecule has 1 aliphatic rings. The van der Waals surface area contributed by atoms with E-state index in [4.69, 9.17) is 0 Å². The predicted octanol–water partition coefficient (Wildman–Crippen LogP) is 1.93. The minimum absolute atomic E-state index is 0.0351. The van der Waals surface area contributed by atoms with Gasteiger partial charge in [0, 0.05) is 6.54 Å². The van der Waals surface area contributed by atoms with E-state index in [1.165, 1.54) is 0 Å². The molecule has 0 radical (unpaired) electrons. The quantitative estimate of drug-likeness (QED) is 0.868. The van der Waals surface area contributed by atoms with Crippen molar-refractivity contribution in [2.45, 2.75) is 23.8 Å². The van der Waals surface area contributed by atoms with Gasteiger partial charge in [-0.15, -0.1) is 4.31 Å². The molecule has 0 bridgehead atoms. The third kappa shape index (κ3) is 2.43. The number of hydrogen-bond acceptors (Lipinski definition) is 3. The van der Waals surface area contributed by atoms with E-state index < -0.39 is 11.4 Å². The fourth-order valence-corrected chi connectivity index (χ4v) is 4.04. The fourth-order valence-electron chi connectivity index (χ4n) is 1.92. The maximum absolute atomic E-state index is 12.3. The van der Waals surface area contributed by atoms with Gasteiger partial charge in [0.1, 0.15) is 0 Å². The van der Waals surface area contributed by atoms with Gasteiger partial charge >= 0.3 is 0 Å². The highest BCUT2D eigenvalue weighted by Crippen LogP contribution is 2.29. The maximum atomic E-state index is 12.3. The Bertz CT molecular complexity index is 364. The Morgan fingerprint density at radius 1 is 1.50 bits per heavy atom. The first-order chi connectivity index (χ1) is 7.74. The van der Waals surface area contributed by atoms with Crippen molar-refractivity contribution >= 4 is 27.3 Å². The van der Waals surface area contributed by atoms with Crippen molar-refractivity contribution in [3.05, 3.63) is 28.7 Å². The van der Waals surface area contributed by atoms with Crippen LogP contribution < -0.4 is 0 Å². The lowest BCUT2D eigenvalue weighted by molar-refractivity contribution is 0.213. The van der Waals surface area contributed by atoms with Crippen LogP contribution in [0, 0.1) is 0 Å². The van der Waals surface area contributed by atoms with Crippen molar-refractivity contribution in [2.24, 2.45) is 0 Å². The van der Waals surface area contributed by atoms with Gasteiger partial charge in [-0.2, -0.15) is 0 Å². The Morgan fingerprint density at radius 2 is 2.25 bits per heavy atom. The van der Waals surface area contributed by atoms with Gasteiger partial charge in [-0.25, -0.2) is 0 Å². The Labute approximate surface area is 107 Å². The highest BCUT2D eigenvalue weighted by molar-refractivity contribution is 9.10. The van der Waals surface area contributed by atoms with Crippen LogP contribution in [0.15, 0.2) is 33.6 Å². The minimum Gasteiger partial charge on any atom is -0.593 e. The smallest absolute Gasteiger partial charge is 0.188 e. The van der Waals surface area contributed by atoms with E-state index in [9.17, 15) is 9.66 Å². The molecule has 16 heavy (non-hydrogen) atoms. The first kappa shape index (κ1) is 12.4. The predicted molar refractivity (Wildman–Crippen MR) is 67.4 cm³/mol. The molecule has 1 N–H and O–H groups in total. The van der Waals surface area contributed by atoms with Crippen LogP contribution >= 0.6 is 15.9 Å². The number of hydrogen-bond donors (Lipinski definition) is 1. The Hall–Kier alpha value is -0.0700. The maximum Gasteiger partial charge on any atom is 0.188 e. The summed E-state index contributed by atoms with van der Waals surface area (Å²) in [5.41, 5.74) is 0. The van der Waals surface area contributed by atoms with Crippen LogP contribution in [0.1, 0.15) is 12.8 Å². The van der Waals surface area contributed by atoms with Crippen molar-refractivity contribution in [1.29, 1.82) is 0 Å². The van der Waals surface area contributed by atoms with E-state index in [2.05, 4.69) is 15.9 Å². The summed E-state index contributed by atoms with van der Waals surface area (Å²) in [6, 6.07) is 7.55. The number of aliphatic hydroxyl groups excluding tert-OH is 1. The van der Waals surface area contributed by atoms with Crippen LogP contribution in [0.25, 0.3) is 0 Å². The molecule has 88 valence electrons. The summed E-state index contributed by atoms with van der Waals surface area (Å²) < 4.78 is 15.1. The Morgan fingerprint density at radius 3 is 2.94 bits per heavy atom. The summed E-state index contributed by atoms with van der Waals surface area (Å²) in [6.07, 6.45) is 1.92. The first-order valence-electron chi connectivity index (χ1n) is 5.28. The average Bonchev–Trinajstić information content (AvgIpc) is 2.77. The summed E-state index contributed by atoms with van der Waals surface area (Å²) in [4.78, 5) is 0.780. The second kappa shape index (κ2) is 5.51. The van der Waals surface area contributed by atoms with Gasteiger partial charge in [-0.05, 0) is 40.9 Å². The molecule has 0 aromatic heterocycles. The van der Waals surface area contributed by atoms with Crippen LogP contribution in [-0.4, -0.2) is 33.2 Å². The number of benzene rings is 1. The van der Waals surface area contributed by atoms with E-state index >= 15 is 0 Å². The normalized spacial score (nSPS) is 23.6. The molecule has 1 aromatic rings. The third-order valence-corrected chi connectivity index (χ3v) is 5.36. The monoisotopic (exact) mass is 303 g/mol. The third-order valence-electron chi connectivity index (χ3n) is 2.77. The standard InChI is InChI=1S/C11H14BrNO2S/c12-10-5-1-2-6-11(10)16(15)13-7-3-4-9(13)8-14/h1-2,5-6,9,14H,3-4,7-8H2.